The van der Waals surface area contributed by atoms with Crippen molar-refractivity contribution in [2.75, 3.05) is 6.54 Å². The second kappa shape index (κ2) is 9.60. The maximum atomic E-state index is 6.20. The lowest BCUT2D eigenvalue weighted by Gasteiger charge is -2.15. The van der Waals surface area contributed by atoms with Crippen molar-refractivity contribution in [3.05, 3.63) is 113 Å². The van der Waals surface area contributed by atoms with Gasteiger partial charge in [-0.1, -0.05) is 84.4 Å². The summed E-state index contributed by atoms with van der Waals surface area (Å²) < 4.78 is 6.20. The van der Waals surface area contributed by atoms with Crippen LogP contribution < -0.4 is 10.1 Å². The molecule has 0 unspecified atom stereocenters. The predicted octanol–water partition coefficient (Wildman–Crippen LogP) is 6.40. The van der Waals surface area contributed by atoms with Gasteiger partial charge in [0.15, 0.2) is 0 Å². The Balaban J connectivity index is 1.49. The highest BCUT2D eigenvalue weighted by molar-refractivity contribution is 6.30. The second-order valence-corrected chi connectivity index (χ2v) is 7.53. The molecule has 3 heteroatoms. The lowest BCUT2D eigenvalue weighted by Crippen LogP contribution is -2.17. The third kappa shape index (κ3) is 5.17. The molecule has 0 aliphatic heterocycles. The Kier molecular flexibility index (Phi) is 6.45. The van der Waals surface area contributed by atoms with Crippen molar-refractivity contribution in [3.8, 4) is 5.75 Å². The normalized spacial score (nSPS) is 10.9. The summed E-state index contributed by atoms with van der Waals surface area (Å²) in [4.78, 5) is 0. The van der Waals surface area contributed by atoms with E-state index in [1.165, 1.54) is 21.9 Å². The van der Waals surface area contributed by atoms with Crippen LogP contribution >= 0.6 is 11.6 Å². The topological polar surface area (TPSA) is 21.3 Å². The number of ether oxygens (including phenoxy) is 1. The van der Waals surface area contributed by atoms with Crippen LogP contribution in [0.3, 0.4) is 0 Å². The molecule has 0 atom stereocenters. The standard InChI is InChI=1S/C26H24ClNO/c27-23-11-6-9-21(17-23)19-29-26-14-13-22-10-4-5-12-24(22)25(26)18-28-16-15-20-7-2-1-3-8-20/h1-14,17,28H,15-16,18-19H2. The van der Waals surface area contributed by atoms with Crippen molar-refractivity contribution in [3.63, 3.8) is 0 Å². The van der Waals surface area contributed by atoms with Gasteiger partial charge in [0.2, 0.25) is 0 Å². The van der Waals surface area contributed by atoms with Gasteiger partial charge in [-0.05, 0) is 53.1 Å². The lowest BCUT2D eigenvalue weighted by molar-refractivity contribution is 0.303. The summed E-state index contributed by atoms with van der Waals surface area (Å²) in [5.41, 5.74) is 3.60. The summed E-state index contributed by atoms with van der Waals surface area (Å²) in [6.45, 7) is 2.18. The molecule has 2 nitrogen and oxygen atoms in total. The van der Waals surface area contributed by atoms with Crippen LogP contribution in [0.5, 0.6) is 5.75 Å². The van der Waals surface area contributed by atoms with Crippen molar-refractivity contribution in [2.24, 2.45) is 0 Å². The van der Waals surface area contributed by atoms with Crippen LogP contribution in [0.4, 0.5) is 0 Å². The molecule has 0 aliphatic rings. The van der Waals surface area contributed by atoms with E-state index >= 15 is 0 Å². The van der Waals surface area contributed by atoms with E-state index in [0.717, 1.165) is 35.8 Å². The van der Waals surface area contributed by atoms with Gasteiger partial charge in [-0.15, -0.1) is 0 Å². The van der Waals surface area contributed by atoms with Crippen LogP contribution in [0.15, 0.2) is 91.0 Å². The molecule has 4 aromatic rings. The van der Waals surface area contributed by atoms with E-state index in [1.54, 1.807) is 0 Å². The summed E-state index contributed by atoms with van der Waals surface area (Å²) in [6.07, 6.45) is 1.00. The van der Waals surface area contributed by atoms with E-state index in [4.69, 9.17) is 16.3 Å². The van der Waals surface area contributed by atoms with E-state index < -0.39 is 0 Å². The molecule has 0 amide bonds. The fourth-order valence-electron chi connectivity index (χ4n) is 3.51. The van der Waals surface area contributed by atoms with E-state index in [-0.39, 0.29) is 0 Å². The third-order valence-corrected chi connectivity index (χ3v) is 5.25. The summed E-state index contributed by atoms with van der Waals surface area (Å²) >= 11 is 6.11. The number of halogens is 1. The van der Waals surface area contributed by atoms with Crippen molar-refractivity contribution in [2.45, 2.75) is 19.6 Å². The van der Waals surface area contributed by atoms with Gasteiger partial charge < -0.3 is 10.1 Å². The van der Waals surface area contributed by atoms with Gasteiger partial charge in [-0.25, -0.2) is 0 Å². The van der Waals surface area contributed by atoms with Crippen molar-refractivity contribution in [1.29, 1.82) is 0 Å². The minimum atomic E-state index is 0.496. The maximum absolute atomic E-state index is 6.20. The molecule has 0 heterocycles. The quantitative estimate of drug-likeness (QED) is 0.345. The Morgan fingerprint density at radius 1 is 0.759 bits per heavy atom. The molecular weight excluding hydrogens is 378 g/mol. The zero-order valence-corrected chi connectivity index (χ0v) is 17.0. The molecule has 0 radical (unpaired) electrons. The van der Waals surface area contributed by atoms with Crippen LogP contribution in [-0.2, 0) is 19.6 Å². The van der Waals surface area contributed by atoms with Gasteiger partial charge in [-0.2, -0.15) is 0 Å². The van der Waals surface area contributed by atoms with Gasteiger partial charge in [0.05, 0.1) is 0 Å². The van der Waals surface area contributed by atoms with Crippen LogP contribution in [0.25, 0.3) is 10.8 Å². The Labute approximate surface area is 177 Å². The van der Waals surface area contributed by atoms with Gasteiger partial charge in [0, 0.05) is 17.1 Å². The number of benzene rings is 4. The highest BCUT2D eigenvalue weighted by Crippen LogP contribution is 2.29. The van der Waals surface area contributed by atoms with Crippen molar-refractivity contribution >= 4 is 22.4 Å². The molecule has 4 aromatic carbocycles. The molecule has 1 N–H and O–H groups in total. The van der Waals surface area contributed by atoms with E-state index in [1.807, 2.05) is 24.3 Å². The first kappa shape index (κ1) is 19.5. The Bertz CT molecular complexity index is 1080. The Morgan fingerprint density at radius 3 is 2.41 bits per heavy atom. The molecule has 4 rings (SSSR count). The molecule has 0 saturated heterocycles. The molecule has 0 aromatic heterocycles. The summed E-state index contributed by atoms with van der Waals surface area (Å²) in [6, 6.07) is 31.0. The van der Waals surface area contributed by atoms with Gasteiger partial charge in [0.1, 0.15) is 12.4 Å². The zero-order chi connectivity index (χ0) is 19.9. The van der Waals surface area contributed by atoms with E-state index in [0.29, 0.717) is 6.61 Å². The number of nitrogens with one attached hydrogen (secondary N) is 1. The average molecular weight is 402 g/mol. The summed E-state index contributed by atoms with van der Waals surface area (Å²) in [5.74, 6) is 0.913. The molecule has 29 heavy (non-hydrogen) atoms. The first-order chi connectivity index (χ1) is 14.3. The van der Waals surface area contributed by atoms with Crippen LogP contribution in [-0.4, -0.2) is 6.54 Å². The first-order valence-corrected chi connectivity index (χ1v) is 10.3. The minimum Gasteiger partial charge on any atom is -0.489 e. The van der Waals surface area contributed by atoms with E-state index in [2.05, 4.69) is 72.0 Å². The molecule has 146 valence electrons. The first-order valence-electron chi connectivity index (χ1n) is 9.92. The van der Waals surface area contributed by atoms with Gasteiger partial charge >= 0.3 is 0 Å². The minimum absolute atomic E-state index is 0.496. The number of hydrogen-bond acceptors (Lipinski definition) is 2. The largest absolute Gasteiger partial charge is 0.489 e. The number of fused-ring (bicyclic) bond motifs is 1. The lowest BCUT2D eigenvalue weighted by atomic mass is 10.0. The monoisotopic (exact) mass is 401 g/mol. The Morgan fingerprint density at radius 2 is 1.55 bits per heavy atom. The highest BCUT2D eigenvalue weighted by atomic mass is 35.5. The SMILES string of the molecule is Clc1cccc(COc2ccc3ccccc3c2CNCCc2ccccc2)c1. The molecule has 0 spiro atoms. The molecule has 0 bridgehead atoms. The molecule has 0 fully saturated rings. The molecule has 0 saturated carbocycles. The molecule has 0 aliphatic carbocycles. The van der Waals surface area contributed by atoms with Gasteiger partial charge in [0.25, 0.3) is 0 Å². The maximum Gasteiger partial charge on any atom is 0.124 e. The zero-order valence-electron chi connectivity index (χ0n) is 16.3. The predicted molar refractivity (Wildman–Crippen MR) is 122 cm³/mol. The Hall–Kier alpha value is -2.81. The smallest absolute Gasteiger partial charge is 0.124 e. The average Bonchev–Trinajstić information content (AvgIpc) is 2.76. The van der Waals surface area contributed by atoms with Crippen LogP contribution in [0, 0.1) is 0 Å². The molecular formula is C26H24ClNO. The van der Waals surface area contributed by atoms with E-state index in [9.17, 15) is 0 Å². The second-order valence-electron chi connectivity index (χ2n) is 7.09. The summed E-state index contributed by atoms with van der Waals surface area (Å²) in [7, 11) is 0. The number of rotatable bonds is 8. The van der Waals surface area contributed by atoms with Crippen LogP contribution in [0.2, 0.25) is 5.02 Å². The highest BCUT2D eigenvalue weighted by Gasteiger charge is 2.09. The fraction of sp³-hybridized carbons (Fsp3) is 0.154. The van der Waals surface area contributed by atoms with Gasteiger partial charge in [-0.3, -0.25) is 0 Å². The summed E-state index contributed by atoms with van der Waals surface area (Å²) in [5, 5.41) is 6.77. The van der Waals surface area contributed by atoms with Crippen LogP contribution in [0.1, 0.15) is 16.7 Å². The third-order valence-electron chi connectivity index (χ3n) is 5.02. The van der Waals surface area contributed by atoms with Crippen molar-refractivity contribution in [1.82, 2.24) is 5.32 Å². The number of hydrogen-bond donors (Lipinski definition) is 1. The fourth-order valence-corrected chi connectivity index (χ4v) is 3.73. The van der Waals surface area contributed by atoms with Crippen molar-refractivity contribution < 1.29 is 4.74 Å².